The molecule has 0 aliphatic heterocycles. The summed E-state index contributed by atoms with van der Waals surface area (Å²) in [5, 5.41) is 6.51. The molecule has 0 aliphatic carbocycles. The summed E-state index contributed by atoms with van der Waals surface area (Å²) >= 11 is 0. The number of imidazole rings is 1. The van der Waals surface area contributed by atoms with Gasteiger partial charge in [0.2, 0.25) is 0 Å². The van der Waals surface area contributed by atoms with E-state index in [1.165, 1.54) is 6.07 Å². The van der Waals surface area contributed by atoms with Gasteiger partial charge in [-0.25, -0.2) is 9.37 Å². The first-order valence-electron chi connectivity index (χ1n) is 10.6. The molecular formula is C24H31FIN5O2. The SMILES string of the molecule is CCOCCOc1cc(C)ccc1CNC(=NC)NCc1ccc(-n2ccnc2)c(F)c1.I. The second-order valence-corrected chi connectivity index (χ2v) is 7.19. The fourth-order valence-electron chi connectivity index (χ4n) is 3.15. The number of halogens is 2. The van der Waals surface area contributed by atoms with Crippen molar-refractivity contribution in [3.63, 3.8) is 0 Å². The summed E-state index contributed by atoms with van der Waals surface area (Å²) in [5.74, 6) is 1.13. The molecule has 0 aliphatic rings. The predicted molar refractivity (Wildman–Crippen MR) is 139 cm³/mol. The molecule has 1 heterocycles. The van der Waals surface area contributed by atoms with E-state index in [2.05, 4.69) is 20.6 Å². The van der Waals surface area contributed by atoms with Crippen molar-refractivity contribution in [3.05, 3.63) is 77.6 Å². The van der Waals surface area contributed by atoms with Crippen LogP contribution in [0.5, 0.6) is 5.75 Å². The number of nitrogens with zero attached hydrogens (tertiary/aromatic N) is 3. The van der Waals surface area contributed by atoms with E-state index in [1.807, 2.05) is 38.1 Å². The first kappa shape index (κ1) is 26.6. The maximum absolute atomic E-state index is 14.5. The molecule has 3 rings (SSSR count). The van der Waals surface area contributed by atoms with E-state index < -0.39 is 0 Å². The molecule has 0 unspecified atom stereocenters. The molecule has 178 valence electrons. The number of nitrogens with one attached hydrogen (secondary N) is 2. The molecule has 0 bridgehead atoms. The summed E-state index contributed by atoms with van der Waals surface area (Å²) in [6, 6.07) is 11.2. The van der Waals surface area contributed by atoms with Crippen molar-refractivity contribution >= 4 is 29.9 Å². The van der Waals surface area contributed by atoms with Crippen molar-refractivity contribution in [1.82, 2.24) is 20.2 Å². The van der Waals surface area contributed by atoms with Crippen LogP contribution in [0.15, 0.2) is 60.1 Å². The second-order valence-electron chi connectivity index (χ2n) is 7.19. The minimum absolute atomic E-state index is 0. The Bertz CT molecular complexity index is 1030. The highest BCUT2D eigenvalue weighted by molar-refractivity contribution is 14.0. The van der Waals surface area contributed by atoms with Crippen LogP contribution in [-0.4, -0.2) is 42.4 Å². The van der Waals surface area contributed by atoms with E-state index in [0.29, 0.717) is 44.6 Å². The number of aliphatic imine (C=N–C) groups is 1. The van der Waals surface area contributed by atoms with Gasteiger partial charge in [0.25, 0.3) is 0 Å². The van der Waals surface area contributed by atoms with E-state index >= 15 is 0 Å². The van der Waals surface area contributed by atoms with E-state index in [-0.39, 0.29) is 29.8 Å². The lowest BCUT2D eigenvalue weighted by Gasteiger charge is -2.16. The molecule has 9 heteroatoms. The Morgan fingerprint density at radius 3 is 2.64 bits per heavy atom. The molecule has 0 fully saturated rings. The van der Waals surface area contributed by atoms with Crippen molar-refractivity contribution in [3.8, 4) is 11.4 Å². The van der Waals surface area contributed by atoms with Gasteiger partial charge in [-0.2, -0.15) is 0 Å². The van der Waals surface area contributed by atoms with Crippen molar-refractivity contribution < 1.29 is 13.9 Å². The van der Waals surface area contributed by atoms with E-state index in [0.717, 1.165) is 22.4 Å². The van der Waals surface area contributed by atoms with Crippen LogP contribution in [0.1, 0.15) is 23.6 Å². The molecular weight excluding hydrogens is 536 g/mol. The minimum atomic E-state index is -0.307. The normalized spacial score (nSPS) is 11.1. The van der Waals surface area contributed by atoms with Gasteiger partial charge in [0.15, 0.2) is 5.96 Å². The smallest absolute Gasteiger partial charge is 0.191 e. The lowest BCUT2D eigenvalue weighted by atomic mass is 10.1. The van der Waals surface area contributed by atoms with Crippen molar-refractivity contribution in [1.29, 1.82) is 0 Å². The third-order valence-electron chi connectivity index (χ3n) is 4.84. The molecule has 0 saturated heterocycles. The van der Waals surface area contributed by atoms with E-state index in [9.17, 15) is 4.39 Å². The van der Waals surface area contributed by atoms with Crippen LogP contribution in [-0.2, 0) is 17.8 Å². The topological polar surface area (TPSA) is 72.7 Å². The number of aryl methyl sites for hydroxylation is 1. The summed E-state index contributed by atoms with van der Waals surface area (Å²) in [7, 11) is 1.70. The Morgan fingerprint density at radius 2 is 1.94 bits per heavy atom. The van der Waals surface area contributed by atoms with Gasteiger partial charge in [0, 0.05) is 44.7 Å². The standard InChI is InChI=1S/C24H30FN5O2.HI/c1-4-31-11-12-32-23-13-18(2)5-7-20(23)16-29-24(26-3)28-15-19-6-8-22(21(25)14-19)30-10-9-27-17-30;/h5-10,13-14,17H,4,11-12,15-16H2,1-3H3,(H2,26,28,29);1H. The van der Waals surface area contributed by atoms with Crippen LogP contribution in [0.3, 0.4) is 0 Å². The third kappa shape index (κ3) is 8.01. The molecule has 0 amide bonds. The van der Waals surface area contributed by atoms with Crippen LogP contribution in [0.4, 0.5) is 4.39 Å². The van der Waals surface area contributed by atoms with Crippen molar-refractivity contribution in [2.75, 3.05) is 26.9 Å². The lowest BCUT2D eigenvalue weighted by Crippen LogP contribution is -2.36. The monoisotopic (exact) mass is 567 g/mol. The van der Waals surface area contributed by atoms with Gasteiger partial charge in [-0.3, -0.25) is 4.99 Å². The van der Waals surface area contributed by atoms with Gasteiger partial charge in [-0.15, -0.1) is 24.0 Å². The molecule has 0 saturated carbocycles. The number of guanidine groups is 1. The minimum Gasteiger partial charge on any atom is -0.491 e. The Morgan fingerprint density at radius 1 is 1.12 bits per heavy atom. The van der Waals surface area contributed by atoms with Gasteiger partial charge in [0.1, 0.15) is 18.2 Å². The predicted octanol–water partition coefficient (Wildman–Crippen LogP) is 4.22. The van der Waals surface area contributed by atoms with Gasteiger partial charge < -0.3 is 24.7 Å². The summed E-state index contributed by atoms with van der Waals surface area (Å²) in [6.07, 6.45) is 4.90. The molecule has 2 N–H and O–H groups in total. The summed E-state index contributed by atoms with van der Waals surface area (Å²) in [4.78, 5) is 8.22. The molecule has 1 aromatic heterocycles. The lowest BCUT2D eigenvalue weighted by molar-refractivity contribution is 0.110. The first-order valence-corrected chi connectivity index (χ1v) is 10.6. The molecule has 0 spiro atoms. The number of benzene rings is 2. The molecule has 33 heavy (non-hydrogen) atoms. The second kappa shape index (κ2) is 13.8. The largest absolute Gasteiger partial charge is 0.491 e. The maximum Gasteiger partial charge on any atom is 0.191 e. The Labute approximate surface area is 211 Å². The molecule has 2 aromatic carbocycles. The van der Waals surface area contributed by atoms with Crippen molar-refractivity contribution in [2.45, 2.75) is 26.9 Å². The van der Waals surface area contributed by atoms with Crippen molar-refractivity contribution in [2.24, 2.45) is 4.99 Å². The number of hydrogen-bond donors (Lipinski definition) is 2. The fraction of sp³-hybridized carbons (Fsp3) is 0.333. The highest BCUT2D eigenvalue weighted by atomic mass is 127. The molecule has 0 radical (unpaired) electrons. The zero-order valence-corrected chi connectivity index (χ0v) is 21.5. The molecule has 0 atom stereocenters. The van der Waals surface area contributed by atoms with Gasteiger partial charge >= 0.3 is 0 Å². The van der Waals surface area contributed by atoms with Crippen LogP contribution in [0.25, 0.3) is 5.69 Å². The zero-order valence-electron chi connectivity index (χ0n) is 19.2. The number of ether oxygens (including phenoxy) is 2. The Balaban J connectivity index is 0.00000385. The van der Waals surface area contributed by atoms with Gasteiger partial charge in [0.05, 0.1) is 18.6 Å². The maximum atomic E-state index is 14.5. The average molecular weight is 567 g/mol. The van der Waals surface area contributed by atoms with Gasteiger partial charge in [-0.05, 0) is 43.2 Å². The quantitative estimate of drug-likeness (QED) is 0.166. The summed E-state index contributed by atoms with van der Waals surface area (Å²) in [6.45, 7) is 6.69. The summed E-state index contributed by atoms with van der Waals surface area (Å²) in [5.41, 5.74) is 3.42. The Kier molecular flexibility index (Phi) is 11.1. The summed E-state index contributed by atoms with van der Waals surface area (Å²) < 4.78 is 27.4. The number of hydrogen-bond acceptors (Lipinski definition) is 4. The zero-order chi connectivity index (χ0) is 22.8. The van der Waals surface area contributed by atoms with Crippen LogP contribution >= 0.6 is 24.0 Å². The third-order valence-corrected chi connectivity index (χ3v) is 4.84. The van der Waals surface area contributed by atoms with Crippen LogP contribution in [0.2, 0.25) is 0 Å². The average Bonchev–Trinajstić information content (AvgIpc) is 3.32. The fourth-order valence-corrected chi connectivity index (χ4v) is 3.15. The first-order chi connectivity index (χ1) is 15.6. The van der Waals surface area contributed by atoms with E-state index in [4.69, 9.17) is 9.47 Å². The molecule has 3 aromatic rings. The molecule has 7 nitrogen and oxygen atoms in total. The van der Waals surface area contributed by atoms with Crippen LogP contribution in [0, 0.1) is 12.7 Å². The van der Waals surface area contributed by atoms with Crippen LogP contribution < -0.4 is 15.4 Å². The van der Waals surface area contributed by atoms with E-state index in [1.54, 1.807) is 36.4 Å². The highest BCUT2D eigenvalue weighted by Crippen LogP contribution is 2.20. The van der Waals surface area contributed by atoms with Gasteiger partial charge in [-0.1, -0.05) is 18.2 Å². The highest BCUT2D eigenvalue weighted by Gasteiger charge is 2.08. The Hall–Kier alpha value is -2.66. The number of rotatable bonds is 10. The number of aromatic nitrogens is 2.